The minimum Gasteiger partial charge on any atom is -0.463 e. The molecule has 10 heteroatoms. The molecule has 0 aromatic carbocycles. The van der Waals surface area contributed by atoms with Crippen molar-refractivity contribution in [2.75, 3.05) is 30.0 Å². The third kappa shape index (κ3) is 3.66. The van der Waals surface area contributed by atoms with Crippen LogP contribution in [0.4, 0.5) is 22.2 Å². The summed E-state index contributed by atoms with van der Waals surface area (Å²) in [5.74, 6) is 1.65. The summed E-state index contributed by atoms with van der Waals surface area (Å²) in [5, 5.41) is 20.6. The van der Waals surface area contributed by atoms with Gasteiger partial charge in [0.2, 0.25) is 0 Å². The van der Waals surface area contributed by atoms with Crippen molar-refractivity contribution in [1.82, 2.24) is 24.5 Å². The monoisotopic (exact) mass is 397 g/mol. The Balaban J connectivity index is 1.79. The molecule has 1 atom stereocenters. The Labute approximate surface area is 167 Å². The number of nitrogens with zero attached hydrogens (tertiary/aromatic N) is 6. The first-order valence-electron chi connectivity index (χ1n) is 9.34. The minimum atomic E-state index is -1.17. The molecule has 0 unspecified atom stereocenters. The molecular formula is C19H23N7O3. The Kier molecular flexibility index (Phi) is 4.93. The predicted octanol–water partition coefficient (Wildman–Crippen LogP) is 2.48. The van der Waals surface area contributed by atoms with Crippen LogP contribution in [-0.4, -0.2) is 61.5 Å². The van der Waals surface area contributed by atoms with Gasteiger partial charge in [0.15, 0.2) is 0 Å². The maximum absolute atomic E-state index is 11.4. The van der Waals surface area contributed by atoms with E-state index < -0.39 is 6.09 Å². The van der Waals surface area contributed by atoms with Gasteiger partial charge in [-0.1, -0.05) is 0 Å². The lowest BCUT2D eigenvalue weighted by atomic mass is 10.1. The third-order valence-electron chi connectivity index (χ3n) is 4.95. The normalized spacial score (nSPS) is 16.8. The first kappa shape index (κ1) is 18.9. The second-order valence-corrected chi connectivity index (χ2v) is 7.05. The number of rotatable bonds is 4. The van der Waals surface area contributed by atoms with Gasteiger partial charge in [-0.15, -0.1) is 4.68 Å². The van der Waals surface area contributed by atoms with Crippen molar-refractivity contribution in [3.63, 3.8) is 0 Å². The first-order chi connectivity index (χ1) is 13.9. The fraction of sp³-hybridized carbons (Fsp3) is 0.368. The minimum absolute atomic E-state index is 0.177. The van der Waals surface area contributed by atoms with Gasteiger partial charge in [0.05, 0.1) is 37.3 Å². The van der Waals surface area contributed by atoms with Gasteiger partial charge in [-0.3, -0.25) is 4.68 Å². The number of ether oxygens (including phenoxy) is 1. The molecule has 29 heavy (non-hydrogen) atoms. The van der Waals surface area contributed by atoms with Crippen LogP contribution in [0.1, 0.15) is 12.5 Å². The highest BCUT2D eigenvalue weighted by Crippen LogP contribution is 2.31. The highest BCUT2D eigenvalue weighted by molar-refractivity contribution is 5.75. The van der Waals surface area contributed by atoms with Crippen LogP contribution >= 0.6 is 0 Å². The standard InChI is InChI=1S/C19H23N7O3/c1-12-10-21-24(3)18(12)14-8-15(22-16-4-5-20-26(16)19(27)28)23-17(9-14)25-6-7-29-11-13(25)2/h4-5,8-10,13H,6-7,11H2,1-3H3,(H,22,23)(H,27,28)/t13-/m1/s1. The van der Waals surface area contributed by atoms with Crippen LogP contribution in [-0.2, 0) is 11.8 Å². The number of carboxylic acid groups (broad SMARTS) is 1. The zero-order valence-electron chi connectivity index (χ0n) is 16.5. The fourth-order valence-electron chi connectivity index (χ4n) is 3.57. The molecule has 0 bridgehead atoms. The molecule has 152 valence electrons. The Bertz CT molecular complexity index is 1020. The summed E-state index contributed by atoms with van der Waals surface area (Å²) >= 11 is 0. The Morgan fingerprint density at radius 1 is 1.34 bits per heavy atom. The molecule has 2 N–H and O–H groups in total. The lowest BCUT2D eigenvalue weighted by molar-refractivity contribution is 0.0985. The van der Waals surface area contributed by atoms with Crippen LogP contribution in [0.3, 0.4) is 0 Å². The SMILES string of the molecule is Cc1cnn(C)c1-c1cc(Nc2ccnn2C(=O)O)nc(N2CCOC[C@H]2C)c1. The van der Waals surface area contributed by atoms with Crippen molar-refractivity contribution in [3.8, 4) is 11.3 Å². The van der Waals surface area contributed by atoms with Crippen molar-refractivity contribution in [1.29, 1.82) is 0 Å². The number of hydrogen-bond donors (Lipinski definition) is 2. The number of hydrogen-bond acceptors (Lipinski definition) is 7. The number of pyridine rings is 1. The van der Waals surface area contributed by atoms with Gasteiger partial charge in [-0.05, 0) is 31.5 Å². The summed E-state index contributed by atoms with van der Waals surface area (Å²) < 4.78 is 8.25. The smallest absolute Gasteiger partial charge is 0.434 e. The van der Waals surface area contributed by atoms with Crippen LogP contribution in [0.2, 0.25) is 0 Å². The summed E-state index contributed by atoms with van der Waals surface area (Å²) in [4.78, 5) is 18.3. The van der Waals surface area contributed by atoms with Crippen LogP contribution in [0.15, 0.2) is 30.6 Å². The number of aromatic nitrogens is 5. The van der Waals surface area contributed by atoms with E-state index in [1.807, 2.05) is 37.0 Å². The Hall–Kier alpha value is -3.40. The number of carbonyl (C=O) groups is 1. The predicted molar refractivity (Wildman–Crippen MR) is 108 cm³/mol. The molecule has 3 aromatic heterocycles. The summed E-state index contributed by atoms with van der Waals surface area (Å²) in [5.41, 5.74) is 2.96. The highest BCUT2D eigenvalue weighted by Gasteiger charge is 2.22. The first-order valence-corrected chi connectivity index (χ1v) is 9.34. The van der Waals surface area contributed by atoms with Crippen LogP contribution in [0.25, 0.3) is 11.3 Å². The average molecular weight is 397 g/mol. The molecule has 1 fully saturated rings. The number of anilines is 3. The number of morpholine rings is 1. The molecular weight excluding hydrogens is 374 g/mol. The van der Waals surface area contributed by atoms with E-state index >= 15 is 0 Å². The molecule has 0 radical (unpaired) electrons. The van der Waals surface area contributed by atoms with E-state index in [4.69, 9.17) is 9.72 Å². The fourth-order valence-corrected chi connectivity index (χ4v) is 3.57. The summed E-state index contributed by atoms with van der Waals surface area (Å²) in [6, 6.07) is 5.69. The number of nitrogens with one attached hydrogen (secondary N) is 1. The second kappa shape index (κ2) is 7.55. The quantitative estimate of drug-likeness (QED) is 0.691. The van der Waals surface area contributed by atoms with Crippen molar-refractivity contribution >= 4 is 23.5 Å². The van der Waals surface area contributed by atoms with Gasteiger partial charge in [0.1, 0.15) is 17.5 Å². The molecule has 0 amide bonds. The summed E-state index contributed by atoms with van der Waals surface area (Å²) in [7, 11) is 1.90. The molecule has 10 nitrogen and oxygen atoms in total. The molecule has 0 spiro atoms. The second-order valence-electron chi connectivity index (χ2n) is 7.05. The molecule has 1 aliphatic rings. The molecule has 1 saturated heterocycles. The lowest BCUT2D eigenvalue weighted by Crippen LogP contribution is -2.44. The van der Waals surface area contributed by atoms with Gasteiger partial charge < -0.3 is 20.1 Å². The van der Waals surface area contributed by atoms with E-state index in [2.05, 4.69) is 27.3 Å². The van der Waals surface area contributed by atoms with Crippen molar-refractivity contribution in [2.24, 2.45) is 7.05 Å². The van der Waals surface area contributed by atoms with Gasteiger partial charge in [0.25, 0.3) is 0 Å². The lowest BCUT2D eigenvalue weighted by Gasteiger charge is -2.34. The molecule has 3 aromatic rings. The average Bonchev–Trinajstić information content (AvgIpc) is 3.28. The van der Waals surface area contributed by atoms with Crippen molar-refractivity contribution in [3.05, 3.63) is 36.2 Å². The van der Waals surface area contributed by atoms with Gasteiger partial charge in [-0.25, -0.2) is 9.78 Å². The van der Waals surface area contributed by atoms with E-state index in [9.17, 15) is 9.90 Å². The zero-order chi connectivity index (χ0) is 20.5. The van der Waals surface area contributed by atoms with Gasteiger partial charge in [-0.2, -0.15) is 10.2 Å². The van der Waals surface area contributed by atoms with E-state index in [0.717, 1.165) is 33.9 Å². The Morgan fingerprint density at radius 3 is 2.86 bits per heavy atom. The van der Waals surface area contributed by atoms with Gasteiger partial charge in [0, 0.05) is 25.2 Å². The summed E-state index contributed by atoms with van der Waals surface area (Å²) in [6.45, 7) is 6.09. The molecule has 0 aliphatic carbocycles. The molecule has 0 saturated carbocycles. The largest absolute Gasteiger partial charge is 0.463 e. The molecule has 1 aliphatic heterocycles. The highest BCUT2D eigenvalue weighted by atomic mass is 16.5. The Morgan fingerprint density at radius 2 is 2.17 bits per heavy atom. The van der Waals surface area contributed by atoms with E-state index in [1.165, 1.54) is 6.20 Å². The molecule has 4 heterocycles. The maximum Gasteiger partial charge on any atom is 0.434 e. The number of aryl methyl sites for hydroxylation is 2. The summed E-state index contributed by atoms with van der Waals surface area (Å²) in [6.07, 6.45) is 2.08. The van der Waals surface area contributed by atoms with Crippen LogP contribution < -0.4 is 10.2 Å². The third-order valence-corrected chi connectivity index (χ3v) is 4.95. The zero-order valence-corrected chi connectivity index (χ0v) is 16.5. The van der Waals surface area contributed by atoms with E-state index in [1.54, 1.807) is 6.07 Å². The van der Waals surface area contributed by atoms with Crippen molar-refractivity contribution < 1.29 is 14.6 Å². The van der Waals surface area contributed by atoms with Crippen LogP contribution in [0, 0.1) is 6.92 Å². The van der Waals surface area contributed by atoms with Crippen molar-refractivity contribution in [2.45, 2.75) is 19.9 Å². The maximum atomic E-state index is 11.4. The van der Waals surface area contributed by atoms with E-state index in [-0.39, 0.29) is 6.04 Å². The topological polar surface area (TPSA) is 110 Å². The van der Waals surface area contributed by atoms with Crippen LogP contribution in [0.5, 0.6) is 0 Å². The molecule has 4 rings (SSSR count). The van der Waals surface area contributed by atoms with Gasteiger partial charge >= 0.3 is 6.09 Å². The van der Waals surface area contributed by atoms with E-state index in [0.29, 0.717) is 24.8 Å².